The van der Waals surface area contributed by atoms with E-state index in [0.717, 1.165) is 13.1 Å². The van der Waals surface area contributed by atoms with Crippen LogP contribution in [-0.2, 0) is 9.59 Å². The molecule has 2 aromatic rings. The molecule has 1 unspecified atom stereocenters. The lowest BCUT2D eigenvalue weighted by atomic mass is 10.1. The molecule has 1 aromatic heterocycles. The molecule has 1 fully saturated rings. The Bertz CT molecular complexity index is 1180. The molecule has 0 amide bonds. The first-order valence-electron chi connectivity index (χ1n) is 10.0. The zero-order chi connectivity index (χ0) is 24.4. The fourth-order valence-corrected chi connectivity index (χ4v) is 4.80. The van der Waals surface area contributed by atoms with Crippen LogP contribution in [-0.4, -0.2) is 70.0 Å². The van der Waals surface area contributed by atoms with Gasteiger partial charge in [-0.1, -0.05) is 11.8 Å². The van der Waals surface area contributed by atoms with E-state index in [1.165, 1.54) is 17.8 Å². The Balaban J connectivity index is 0.000000292. The highest BCUT2D eigenvalue weighted by Crippen LogP contribution is 2.46. The van der Waals surface area contributed by atoms with E-state index >= 15 is 0 Å². The first-order valence-corrected chi connectivity index (χ1v) is 10.9. The molecule has 4 rings (SSSR count). The zero-order valence-electron chi connectivity index (χ0n) is 17.6. The first kappa shape index (κ1) is 24.5. The van der Waals surface area contributed by atoms with Crippen LogP contribution in [0.15, 0.2) is 22.0 Å². The maximum absolute atomic E-state index is 14.6. The molecule has 1 aromatic carbocycles. The van der Waals surface area contributed by atoms with Crippen molar-refractivity contribution in [3.63, 3.8) is 0 Å². The summed E-state index contributed by atoms with van der Waals surface area (Å²) in [6, 6.07) is 1.58. The Kier molecular flexibility index (Phi) is 7.25. The van der Waals surface area contributed by atoms with Crippen LogP contribution in [0, 0.1) is 5.82 Å². The number of aromatic nitrogens is 1. The highest BCUT2D eigenvalue weighted by molar-refractivity contribution is 8.00. The monoisotopic (exact) mass is 482 g/mol. The number of fused-ring (bicyclic) bond motifs is 3. The van der Waals surface area contributed by atoms with Gasteiger partial charge in [0.1, 0.15) is 17.4 Å². The van der Waals surface area contributed by atoms with Crippen molar-refractivity contribution < 1.29 is 34.1 Å². The molecule has 2 aliphatic rings. The van der Waals surface area contributed by atoms with Crippen LogP contribution in [0.4, 0.5) is 10.1 Å². The highest BCUT2D eigenvalue weighted by Gasteiger charge is 2.33. The Morgan fingerprint density at radius 2 is 1.88 bits per heavy atom. The van der Waals surface area contributed by atoms with Crippen LogP contribution in [0.3, 0.4) is 0 Å². The number of carbonyl (C=O) groups is 3. The standard InChI is InChI=1S/C16H16FN3O3S.C4H7NO4/c1-8-20-11-7-12(19-4-2-18-3-5-19)10(17)6-9(11)14(21)13(16(22)23)15(20)24-8;5-2(4(8)9)1-3(6)7/h6-8,18H,2-5H2,1H3,(H,22,23);2H,1,5H2,(H,6,7)(H,8,9)/t8-;/m1./s1. The fraction of sp³-hybridized carbons (Fsp3) is 0.400. The van der Waals surface area contributed by atoms with E-state index in [2.05, 4.69) is 5.32 Å². The number of benzene rings is 1. The van der Waals surface area contributed by atoms with Crippen LogP contribution in [0.5, 0.6) is 0 Å². The largest absolute Gasteiger partial charge is 0.481 e. The van der Waals surface area contributed by atoms with Crippen molar-refractivity contribution in [2.45, 2.75) is 29.8 Å². The number of nitrogens with zero attached hydrogens (tertiary/aromatic N) is 2. The van der Waals surface area contributed by atoms with E-state index < -0.39 is 41.6 Å². The second-order valence-electron chi connectivity index (χ2n) is 7.50. The SMILES string of the molecule is C[C@H]1Sc2c(C(=O)O)c(=O)c3cc(F)c(N4CCNCC4)cc3n21.NC(CC(=O)O)C(=O)O. The van der Waals surface area contributed by atoms with Gasteiger partial charge in [-0.3, -0.25) is 14.4 Å². The number of hydrogen-bond donors (Lipinski definition) is 5. The van der Waals surface area contributed by atoms with Crippen LogP contribution in [0.1, 0.15) is 29.1 Å². The molecule has 3 heterocycles. The Labute approximate surface area is 191 Å². The maximum atomic E-state index is 14.6. The lowest BCUT2D eigenvalue weighted by molar-refractivity contribution is -0.144. The number of carboxylic acid groups (broad SMARTS) is 3. The molecule has 0 radical (unpaired) electrons. The van der Waals surface area contributed by atoms with Crippen molar-refractivity contribution in [2.75, 3.05) is 31.1 Å². The van der Waals surface area contributed by atoms with Crippen LogP contribution in [0.25, 0.3) is 10.9 Å². The molecule has 6 N–H and O–H groups in total. The van der Waals surface area contributed by atoms with Crippen molar-refractivity contribution in [3.8, 4) is 0 Å². The number of aromatic carboxylic acids is 1. The van der Waals surface area contributed by atoms with Crippen LogP contribution in [0.2, 0.25) is 0 Å². The Morgan fingerprint density at radius 1 is 1.24 bits per heavy atom. The number of hydrogen-bond acceptors (Lipinski definition) is 8. The zero-order valence-corrected chi connectivity index (χ0v) is 18.4. The number of piperazine rings is 1. The minimum atomic E-state index is -1.29. The second-order valence-corrected chi connectivity index (χ2v) is 8.81. The number of carboxylic acids is 3. The van der Waals surface area contributed by atoms with Gasteiger partial charge in [0, 0.05) is 31.6 Å². The number of pyridine rings is 1. The van der Waals surface area contributed by atoms with Crippen molar-refractivity contribution >= 4 is 46.3 Å². The summed E-state index contributed by atoms with van der Waals surface area (Å²) in [5, 5.41) is 29.2. The summed E-state index contributed by atoms with van der Waals surface area (Å²) < 4.78 is 16.4. The summed E-state index contributed by atoms with van der Waals surface area (Å²) in [6.45, 7) is 4.87. The molecular weight excluding hydrogens is 459 g/mol. The van der Waals surface area contributed by atoms with Crippen LogP contribution >= 0.6 is 11.8 Å². The predicted molar refractivity (Wildman–Crippen MR) is 119 cm³/mol. The lowest BCUT2D eigenvalue weighted by Gasteiger charge is -2.34. The van der Waals surface area contributed by atoms with E-state index in [0.29, 0.717) is 29.3 Å². The summed E-state index contributed by atoms with van der Waals surface area (Å²) in [7, 11) is 0. The van der Waals surface area contributed by atoms with E-state index in [4.69, 9.17) is 15.9 Å². The molecule has 178 valence electrons. The van der Waals surface area contributed by atoms with Gasteiger partial charge >= 0.3 is 17.9 Å². The number of aliphatic carboxylic acids is 2. The maximum Gasteiger partial charge on any atom is 0.342 e. The molecule has 2 aliphatic heterocycles. The molecule has 33 heavy (non-hydrogen) atoms. The molecule has 0 bridgehead atoms. The number of thioether (sulfide) groups is 1. The van der Waals surface area contributed by atoms with E-state index in [9.17, 15) is 28.7 Å². The van der Waals surface area contributed by atoms with Gasteiger partial charge in [-0.25, -0.2) is 9.18 Å². The van der Waals surface area contributed by atoms with Gasteiger partial charge in [-0.05, 0) is 19.1 Å². The smallest absolute Gasteiger partial charge is 0.342 e. The van der Waals surface area contributed by atoms with Gasteiger partial charge in [0.05, 0.1) is 28.0 Å². The number of anilines is 1. The van der Waals surface area contributed by atoms with Crippen molar-refractivity contribution in [3.05, 3.63) is 33.7 Å². The van der Waals surface area contributed by atoms with Crippen LogP contribution < -0.4 is 21.4 Å². The summed E-state index contributed by atoms with van der Waals surface area (Å²) in [4.78, 5) is 45.5. The molecule has 13 heteroatoms. The van der Waals surface area contributed by atoms with Gasteiger partial charge in [-0.15, -0.1) is 0 Å². The Morgan fingerprint density at radius 3 is 2.36 bits per heavy atom. The van der Waals surface area contributed by atoms with E-state index in [1.54, 1.807) is 6.07 Å². The minimum Gasteiger partial charge on any atom is -0.481 e. The molecule has 0 aliphatic carbocycles. The fourth-order valence-electron chi connectivity index (χ4n) is 3.65. The number of rotatable bonds is 5. The Hall–Kier alpha value is -3.16. The van der Waals surface area contributed by atoms with Gasteiger partial charge in [0.15, 0.2) is 0 Å². The second kappa shape index (κ2) is 9.77. The lowest BCUT2D eigenvalue weighted by Crippen LogP contribution is -2.44. The summed E-state index contributed by atoms with van der Waals surface area (Å²) in [5.74, 6) is -4.25. The summed E-state index contributed by atoms with van der Waals surface area (Å²) in [5.41, 5.74) is 5.02. The first-order chi connectivity index (χ1) is 15.5. The van der Waals surface area contributed by atoms with E-state index in [-0.39, 0.29) is 16.3 Å². The third-order valence-corrected chi connectivity index (χ3v) is 6.43. The number of nitrogens with two attached hydrogens (primary N) is 1. The van der Waals surface area contributed by atoms with E-state index in [1.807, 2.05) is 16.4 Å². The summed E-state index contributed by atoms with van der Waals surface area (Å²) >= 11 is 1.35. The van der Waals surface area contributed by atoms with Gasteiger partial charge in [0.25, 0.3) is 0 Å². The third-order valence-electron chi connectivity index (χ3n) is 5.26. The van der Waals surface area contributed by atoms with Gasteiger partial charge in [-0.2, -0.15) is 0 Å². The van der Waals surface area contributed by atoms with Crippen molar-refractivity contribution in [1.82, 2.24) is 9.88 Å². The molecule has 11 nitrogen and oxygen atoms in total. The van der Waals surface area contributed by atoms with Crippen molar-refractivity contribution in [2.24, 2.45) is 5.73 Å². The number of halogens is 1. The third kappa shape index (κ3) is 4.94. The molecule has 0 saturated carbocycles. The van der Waals surface area contributed by atoms with Gasteiger partial charge < -0.3 is 35.8 Å². The minimum absolute atomic E-state index is 0.0162. The van der Waals surface area contributed by atoms with Crippen molar-refractivity contribution in [1.29, 1.82) is 0 Å². The summed E-state index contributed by atoms with van der Waals surface area (Å²) in [6.07, 6.45) is -0.532. The number of nitrogens with one attached hydrogen (secondary N) is 1. The predicted octanol–water partition coefficient (Wildman–Crippen LogP) is 0.746. The average molecular weight is 482 g/mol. The quantitative estimate of drug-likeness (QED) is 0.406. The highest BCUT2D eigenvalue weighted by atomic mass is 32.2. The normalized spacial score (nSPS) is 17.9. The molecule has 1 saturated heterocycles. The average Bonchev–Trinajstić information content (AvgIpc) is 2.74. The molecule has 0 spiro atoms. The topological polar surface area (TPSA) is 175 Å². The van der Waals surface area contributed by atoms with Gasteiger partial charge in [0.2, 0.25) is 5.43 Å². The molecular formula is C20H23FN4O7S. The molecule has 2 atom stereocenters.